The van der Waals surface area contributed by atoms with Crippen molar-refractivity contribution in [3.63, 3.8) is 0 Å². The normalized spacial score (nSPS) is 29.3. The van der Waals surface area contributed by atoms with Crippen LogP contribution in [0.25, 0.3) is 0 Å². The predicted octanol–water partition coefficient (Wildman–Crippen LogP) is 2.84. The lowest BCUT2D eigenvalue weighted by Crippen LogP contribution is -2.76. The highest BCUT2D eigenvalue weighted by Crippen LogP contribution is 2.35. The largest absolute Gasteiger partial charge is 0.0780 e. The molecular weight excluding hydrogens is 421 g/mol. The van der Waals surface area contributed by atoms with Crippen molar-refractivity contribution in [1.29, 1.82) is 0 Å². The van der Waals surface area contributed by atoms with Crippen LogP contribution in [0.4, 0.5) is 0 Å². The Morgan fingerprint density at radius 2 is 0.407 bits per heavy atom. The Hall–Kier alpha value is 0.521. The van der Waals surface area contributed by atoms with Crippen LogP contribution in [0.15, 0.2) is 0 Å². The molecule has 4 rings (SSSR count). The molecule has 0 spiro atoms. The van der Waals surface area contributed by atoms with Gasteiger partial charge >= 0.3 is 0 Å². The average Bonchev–Trinajstić information content (AvgIpc) is 2.79. The Bertz CT molecular complexity index is 670. The summed E-state index contributed by atoms with van der Waals surface area (Å²) >= 11 is 0. The summed E-state index contributed by atoms with van der Waals surface area (Å²) in [5.74, 6) is 0. The number of benzene rings is 1. The first-order valence-corrected chi connectivity index (χ1v) is 30.4. The van der Waals surface area contributed by atoms with Gasteiger partial charge in [0.05, 0.1) is 48.4 Å². The third kappa shape index (κ3) is 2.59. The van der Waals surface area contributed by atoms with Gasteiger partial charge in [-0.25, -0.2) is 0 Å². The molecule has 1 aromatic carbocycles. The smallest absolute Gasteiger partial charge is 0.0656 e. The highest BCUT2D eigenvalue weighted by molar-refractivity contribution is 7.28. The molecule has 0 unspecified atom stereocenters. The van der Waals surface area contributed by atoms with Crippen molar-refractivity contribution >= 4 is 79.6 Å². The Morgan fingerprint density at radius 1 is 0.296 bits per heavy atom. The fourth-order valence-electron chi connectivity index (χ4n) is 8.66. The van der Waals surface area contributed by atoms with Gasteiger partial charge in [-0.1, -0.05) is 127 Å². The molecule has 3 heterocycles. The Labute approximate surface area is 174 Å². The third-order valence-electron chi connectivity index (χ3n) is 8.21. The fraction of sp³-hybridized carbons (Fsp3) is 0.714. The van der Waals surface area contributed by atoms with Crippen LogP contribution < -0.4 is 31.1 Å². The zero-order valence-corrected chi connectivity index (χ0v) is 26.1. The van der Waals surface area contributed by atoms with Crippen LogP contribution in [0.1, 0.15) is 0 Å². The molecule has 0 aromatic heterocycles. The van der Waals surface area contributed by atoms with Gasteiger partial charge in [0.15, 0.2) is 0 Å². The molecule has 0 saturated heterocycles. The molecule has 0 fully saturated rings. The summed E-state index contributed by atoms with van der Waals surface area (Å²) in [5.41, 5.74) is 4.87. The van der Waals surface area contributed by atoms with E-state index in [0.717, 1.165) is 0 Å². The second-order valence-electron chi connectivity index (χ2n) is 14.1. The summed E-state index contributed by atoms with van der Waals surface area (Å²) in [6.07, 6.45) is 0. The van der Waals surface area contributed by atoms with Crippen molar-refractivity contribution in [1.82, 2.24) is 0 Å². The predicted molar refractivity (Wildman–Crippen MR) is 144 cm³/mol. The van der Waals surface area contributed by atoms with E-state index in [1.165, 1.54) is 0 Å². The molecular formula is C21H42Si6. The highest BCUT2D eigenvalue weighted by atomic mass is 28.4. The van der Waals surface area contributed by atoms with E-state index >= 15 is 0 Å². The van der Waals surface area contributed by atoms with Gasteiger partial charge in [0.2, 0.25) is 0 Å². The van der Waals surface area contributed by atoms with Gasteiger partial charge in [0.1, 0.15) is 0 Å². The SMILES string of the molecule is C[Si]1(C)C[Si](C)(C)c2c1c1c(c3c2[Si](C)(C)C[Si]3(C)C)[Si](C)(C)C[Si]1(C)C. The zero-order valence-electron chi connectivity index (χ0n) is 20.1. The minimum absolute atomic E-state index is 1.30. The number of hydrogen-bond donors (Lipinski definition) is 0. The van der Waals surface area contributed by atoms with Crippen molar-refractivity contribution in [3.8, 4) is 0 Å². The molecule has 3 aliphatic rings. The third-order valence-corrected chi connectivity index (χ3v) is 42.0. The molecule has 150 valence electrons. The van der Waals surface area contributed by atoms with E-state index in [1.54, 1.807) is 17.0 Å². The van der Waals surface area contributed by atoms with Crippen molar-refractivity contribution < 1.29 is 0 Å². The summed E-state index contributed by atoms with van der Waals surface area (Å²) in [5, 5.41) is 12.6. The molecule has 0 bridgehead atoms. The maximum atomic E-state index is 2.75. The lowest BCUT2D eigenvalue weighted by atomic mass is 10.3. The van der Waals surface area contributed by atoms with E-state index in [1.807, 2.05) is 0 Å². The molecule has 0 N–H and O–H groups in total. The first-order chi connectivity index (χ1) is 11.9. The van der Waals surface area contributed by atoms with Crippen molar-refractivity contribution in [2.45, 2.75) is 95.6 Å². The van der Waals surface area contributed by atoms with Crippen molar-refractivity contribution in [2.24, 2.45) is 0 Å². The molecule has 6 heteroatoms. The van der Waals surface area contributed by atoms with E-state index in [-0.39, 0.29) is 0 Å². The van der Waals surface area contributed by atoms with Gasteiger partial charge < -0.3 is 0 Å². The quantitative estimate of drug-likeness (QED) is 0.520. The maximum absolute atomic E-state index is 2.75. The monoisotopic (exact) mass is 462 g/mol. The van der Waals surface area contributed by atoms with Crippen molar-refractivity contribution in [2.75, 3.05) is 0 Å². The second kappa shape index (κ2) is 5.22. The van der Waals surface area contributed by atoms with Gasteiger partial charge in [0.25, 0.3) is 0 Å². The second-order valence-corrected chi connectivity index (χ2v) is 43.9. The van der Waals surface area contributed by atoms with Crippen molar-refractivity contribution in [3.05, 3.63) is 0 Å². The van der Waals surface area contributed by atoms with Gasteiger partial charge in [0, 0.05) is 0 Å². The molecule has 0 nitrogen and oxygen atoms in total. The summed E-state index contributed by atoms with van der Waals surface area (Å²) in [6, 6.07) is 0. The molecule has 0 aliphatic carbocycles. The lowest BCUT2D eigenvalue weighted by molar-refractivity contribution is 1.62. The number of rotatable bonds is 0. The van der Waals surface area contributed by atoms with E-state index in [2.05, 4.69) is 110 Å². The molecule has 27 heavy (non-hydrogen) atoms. The molecule has 3 aliphatic heterocycles. The Morgan fingerprint density at radius 3 is 0.519 bits per heavy atom. The Balaban J connectivity index is 2.31. The maximum Gasteiger partial charge on any atom is 0.0780 e. The highest BCUT2D eigenvalue weighted by Gasteiger charge is 2.60. The van der Waals surface area contributed by atoms with Crippen LogP contribution >= 0.6 is 0 Å². The Kier molecular flexibility index (Phi) is 4.02. The van der Waals surface area contributed by atoms with E-state index < -0.39 is 48.4 Å². The molecule has 1 aromatic rings. The summed E-state index contributed by atoms with van der Waals surface area (Å²) in [7, 11) is -7.80. The molecule has 0 amide bonds. The number of hydrogen-bond acceptors (Lipinski definition) is 0. The van der Waals surface area contributed by atoms with E-state index in [4.69, 9.17) is 0 Å². The summed E-state index contributed by atoms with van der Waals surface area (Å²) in [6.45, 7) is 33.0. The van der Waals surface area contributed by atoms with E-state index in [0.29, 0.717) is 0 Å². The molecule has 0 radical (unpaired) electrons. The van der Waals surface area contributed by atoms with E-state index in [9.17, 15) is 0 Å². The minimum atomic E-state index is -1.30. The van der Waals surface area contributed by atoms with Gasteiger partial charge in [-0.15, -0.1) is 0 Å². The average molecular weight is 463 g/mol. The van der Waals surface area contributed by atoms with Gasteiger partial charge in [-0.2, -0.15) is 0 Å². The minimum Gasteiger partial charge on any atom is -0.0656 e. The van der Waals surface area contributed by atoms with Crippen LogP contribution in [0.2, 0.25) is 95.6 Å². The topological polar surface area (TPSA) is 0 Å². The van der Waals surface area contributed by atoms with Crippen LogP contribution in [0.5, 0.6) is 0 Å². The first-order valence-electron chi connectivity index (χ1n) is 11.1. The van der Waals surface area contributed by atoms with Gasteiger partial charge in [-0.3, -0.25) is 0 Å². The number of fused-ring (bicyclic) bond motifs is 6. The van der Waals surface area contributed by atoms with Crippen LogP contribution in [0.3, 0.4) is 0 Å². The zero-order chi connectivity index (χ0) is 20.6. The molecule has 0 saturated carbocycles. The van der Waals surface area contributed by atoms with Crippen LogP contribution in [-0.4, -0.2) is 48.4 Å². The summed E-state index contributed by atoms with van der Waals surface area (Å²) < 4.78 is 0. The molecule has 0 atom stereocenters. The first kappa shape index (κ1) is 20.8. The lowest BCUT2D eigenvalue weighted by Gasteiger charge is -2.34. The van der Waals surface area contributed by atoms with Crippen LogP contribution in [-0.2, 0) is 0 Å². The van der Waals surface area contributed by atoms with Crippen LogP contribution in [0, 0.1) is 0 Å². The fourth-order valence-corrected chi connectivity index (χ4v) is 62.0. The summed E-state index contributed by atoms with van der Waals surface area (Å²) in [4.78, 5) is 0. The standard InChI is InChI=1S/C21H42Si6/c1-22(2)13-23(3,4)17-16(22)18-20(25(7,8)14-24(18,5)6)21-19(17)26(9,10)15-27(21,11)12/h13-15H2,1-12H3. The van der Waals surface area contributed by atoms with Gasteiger partial charge in [-0.05, 0) is 0 Å².